The second-order valence-electron chi connectivity index (χ2n) is 11.9. The van der Waals surface area contributed by atoms with Crippen LogP contribution >= 0.6 is 0 Å². The molecular formula is C32H50O6. The van der Waals surface area contributed by atoms with Gasteiger partial charge in [0.15, 0.2) is 12.6 Å². The van der Waals surface area contributed by atoms with Gasteiger partial charge in [0.25, 0.3) is 0 Å². The van der Waals surface area contributed by atoms with Crippen LogP contribution in [0.15, 0.2) is 18.2 Å². The van der Waals surface area contributed by atoms with Gasteiger partial charge in [-0.2, -0.15) is 0 Å². The molecule has 0 bridgehead atoms. The molecule has 0 amide bonds. The van der Waals surface area contributed by atoms with Gasteiger partial charge in [0.1, 0.15) is 12.5 Å². The van der Waals surface area contributed by atoms with Crippen molar-refractivity contribution in [2.24, 2.45) is 23.2 Å². The number of fused-ring (bicyclic) bond motifs is 5. The SMILES string of the molecule is CCCCOCCCCCC[C@@H]1C(=O)c2cc(OCOC)ccc2C2CC[C@@]3(C)C(CC[C@@H]3OCOC)C21. The summed E-state index contributed by atoms with van der Waals surface area (Å²) in [4.78, 5) is 14.2. The number of benzene rings is 1. The first-order chi connectivity index (χ1) is 18.5. The highest BCUT2D eigenvalue weighted by Gasteiger charge is 2.58. The molecule has 3 aliphatic rings. The summed E-state index contributed by atoms with van der Waals surface area (Å²) in [5, 5.41) is 0. The quantitative estimate of drug-likeness (QED) is 0.167. The third-order valence-corrected chi connectivity index (χ3v) is 9.66. The van der Waals surface area contributed by atoms with Gasteiger partial charge in [-0.1, -0.05) is 45.6 Å². The van der Waals surface area contributed by atoms with Gasteiger partial charge < -0.3 is 23.7 Å². The number of ketones is 1. The molecule has 0 aliphatic heterocycles. The molecule has 1 aromatic rings. The summed E-state index contributed by atoms with van der Waals surface area (Å²) < 4.78 is 28.0. The molecule has 0 aromatic heterocycles. The summed E-state index contributed by atoms with van der Waals surface area (Å²) >= 11 is 0. The van der Waals surface area contributed by atoms with Crippen molar-refractivity contribution in [3.63, 3.8) is 0 Å². The Morgan fingerprint density at radius 1 is 0.947 bits per heavy atom. The van der Waals surface area contributed by atoms with E-state index in [0.29, 0.717) is 36.1 Å². The fraction of sp³-hybridized carbons (Fsp3) is 0.781. The van der Waals surface area contributed by atoms with Gasteiger partial charge in [-0.25, -0.2) is 0 Å². The van der Waals surface area contributed by atoms with E-state index in [2.05, 4.69) is 19.9 Å². The van der Waals surface area contributed by atoms with Crippen LogP contribution in [0.4, 0.5) is 0 Å². The minimum absolute atomic E-state index is 0.0665. The third kappa shape index (κ3) is 6.46. The monoisotopic (exact) mass is 530 g/mol. The van der Waals surface area contributed by atoms with Crippen molar-refractivity contribution in [2.75, 3.05) is 41.0 Å². The Morgan fingerprint density at radius 3 is 2.53 bits per heavy atom. The Labute approximate surface area is 230 Å². The molecule has 0 spiro atoms. The molecule has 6 heteroatoms. The van der Waals surface area contributed by atoms with Gasteiger partial charge in [0.2, 0.25) is 0 Å². The van der Waals surface area contributed by atoms with Gasteiger partial charge in [0, 0.05) is 38.9 Å². The minimum Gasteiger partial charge on any atom is -0.468 e. The normalized spacial score (nSPS) is 30.1. The Kier molecular flexibility index (Phi) is 11.1. The average Bonchev–Trinajstić information content (AvgIpc) is 3.27. The molecule has 3 aliphatic carbocycles. The maximum Gasteiger partial charge on any atom is 0.188 e. The lowest BCUT2D eigenvalue weighted by Gasteiger charge is -2.53. The van der Waals surface area contributed by atoms with Gasteiger partial charge in [-0.3, -0.25) is 4.79 Å². The predicted molar refractivity (Wildman–Crippen MR) is 149 cm³/mol. The lowest BCUT2D eigenvalue weighted by Crippen LogP contribution is -2.49. The largest absolute Gasteiger partial charge is 0.468 e. The summed E-state index contributed by atoms with van der Waals surface area (Å²) in [6.07, 6.45) is 12.5. The standard InChI is InChI=1S/C32H50O6/c1-5-6-18-36-19-10-8-7-9-11-26-30-25(16-17-32(2)28(30)14-15-29(32)38-22-35-4)24-13-12-23(37-21-34-3)20-27(24)31(26)33/h12-13,20,25-26,28-30H,5-11,14-19,21-22H2,1-4H3/t25?,26-,28?,29-,30?,32-/m0/s1. The Hall–Kier alpha value is -1.47. The van der Waals surface area contributed by atoms with Crippen LogP contribution in [-0.2, 0) is 18.9 Å². The molecule has 0 N–H and O–H groups in total. The van der Waals surface area contributed by atoms with Gasteiger partial charge >= 0.3 is 0 Å². The van der Waals surface area contributed by atoms with E-state index in [1.807, 2.05) is 12.1 Å². The Bertz CT molecular complexity index is 887. The number of Topliss-reactive ketones (excluding diaryl/α,β-unsaturated/α-hetero) is 1. The first kappa shape index (κ1) is 29.5. The van der Waals surface area contributed by atoms with E-state index >= 15 is 0 Å². The molecule has 0 radical (unpaired) electrons. The van der Waals surface area contributed by atoms with Gasteiger partial charge in [0.05, 0.1) is 6.10 Å². The molecule has 38 heavy (non-hydrogen) atoms. The van der Waals surface area contributed by atoms with Crippen LogP contribution in [0.5, 0.6) is 5.75 Å². The van der Waals surface area contributed by atoms with Crippen LogP contribution in [0, 0.1) is 23.2 Å². The molecule has 6 atom stereocenters. The molecule has 0 saturated heterocycles. The maximum absolute atomic E-state index is 14.2. The van der Waals surface area contributed by atoms with Crippen molar-refractivity contribution < 1.29 is 28.5 Å². The minimum atomic E-state index is 0.0665. The van der Waals surface area contributed by atoms with E-state index in [4.69, 9.17) is 23.7 Å². The highest BCUT2D eigenvalue weighted by atomic mass is 16.7. The highest BCUT2D eigenvalue weighted by molar-refractivity contribution is 6.01. The van der Waals surface area contributed by atoms with Gasteiger partial charge in [-0.05, 0) is 85.8 Å². The fourth-order valence-electron chi connectivity index (χ4n) is 7.75. The van der Waals surface area contributed by atoms with Crippen LogP contribution in [0.25, 0.3) is 0 Å². The van der Waals surface area contributed by atoms with Gasteiger partial charge in [-0.15, -0.1) is 0 Å². The van der Waals surface area contributed by atoms with Crippen LogP contribution in [0.1, 0.15) is 106 Å². The van der Waals surface area contributed by atoms with Crippen LogP contribution in [0.3, 0.4) is 0 Å². The third-order valence-electron chi connectivity index (χ3n) is 9.66. The molecule has 0 heterocycles. The van der Waals surface area contributed by atoms with E-state index in [1.165, 1.54) is 18.4 Å². The lowest BCUT2D eigenvalue weighted by molar-refractivity contribution is -0.127. The summed E-state index contributed by atoms with van der Waals surface area (Å²) in [5.74, 6) is 2.41. The van der Waals surface area contributed by atoms with Crippen LogP contribution in [0.2, 0.25) is 0 Å². The van der Waals surface area contributed by atoms with Crippen molar-refractivity contribution in [3.05, 3.63) is 29.3 Å². The van der Waals surface area contributed by atoms with E-state index < -0.39 is 0 Å². The fourth-order valence-corrected chi connectivity index (χ4v) is 7.75. The summed E-state index contributed by atoms with van der Waals surface area (Å²) in [7, 11) is 3.31. The van der Waals surface area contributed by atoms with Crippen molar-refractivity contribution >= 4 is 5.78 Å². The van der Waals surface area contributed by atoms with Crippen LogP contribution < -0.4 is 4.74 Å². The number of hydrogen-bond donors (Lipinski definition) is 0. The number of hydrogen-bond acceptors (Lipinski definition) is 6. The zero-order valence-corrected chi connectivity index (χ0v) is 24.2. The van der Waals surface area contributed by atoms with Crippen molar-refractivity contribution in [1.29, 1.82) is 0 Å². The number of rotatable bonds is 16. The van der Waals surface area contributed by atoms with E-state index in [-0.39, 0.29) is 24.2 Å². The molecule has 3 unspecified atom stereocenters. The van der Waals surface area contributed by atoms with Crippen molar-refractivity contribution in [1.82, 2.24) is 0 Å². The summed E-state index contributed by atoms with van der Waals surface area (Å²) in [6, 6.07) is 6.14. The van der Waals surface area contributed by atoms with E-state index in [1.54, 1.807) is 14.2 Å². The van der Waals surface area contributed by atoms with E-state index in [0.717, 1.165) is 76.6 Å². The number of ether oxygens (including phenoxy) is 5. The topological polar surface area (TPSA) is 63.2 Å². The Morgan fingerprint density at radius 2 is 1.74 bits per heavy atom. The average molecular weight is 531 g/mol. The lowest BCUT2D eigenvalue weighted by atomic mass is 9.51. The molecule has 2 saturated carbocycles. The van der Waals surface area contributed by atoms with E-state index in [9.17, 15) is 4.79 Å². The molecule has 6 nitrogen and oxygen atoms in total. The smallest absolute Gasteiger partial charge is 0.188 e. The van der Waals surface area contributed by atoms with Crippen molar-refractivity contribution in [2.45, 2.75) is 96.5 Å². The molecule has 2 fully saturated rings. The molecule has 1 aromatic carbocycles. The second-order valence-corrected chi connectivity index (χ2v) is 11.9. The molecule has 4 rings (SSSR count). The first-order valence-electron chi connectivity index (χ1n) is 15.0. The molecular weight excluding hydrogens is 480 g/mol. The highest BCUT2D eigenvalue weighted by Crippen LogP contribution is 2.63. The summed E-state index contributed by atoms with van der Waals surface area (Å²) in [5.41, 5.74) is 2.21. The Balaban J connectivity index is 1.49. The molecule has 214 valence electrons. The number of unbranched alkanes of at least 4 members (excludes halogenated alkanes) is 4. The summed E-state index contributed by atoms with van der Waals surface area (Å²) in [6.45, 7) is 6.87. The first-order valence-corrected chi connectivity index (χ1v) is 15.0. The van der Waals surface area contributed by atoms with Crippen LogP contribution in [-0.4, -0.2) is 52.9 Å². The number of carbonyl (C=O) groups excluding carboxylic acids is 1. The zero-order chi connectivity index (χ0) is 27.0. The van der Waals surface area contributed by atoms with Crippen molar-refractivity contribution in [3.8, 4) is 5.75 Å². The number of carbonyl (C=O) groups is 1. The number of methoxy groups -OCH3 is 2. The second kappa shape index (κ2) is 14.2. The zero-order valence-electron chi connectivity index (χ0n) is 24.2. The predicted octanol–water partition coefficient (Wildman–Crippen LogP) is 7.15. The maximum atomic E-state index is 14.2.